The first-order valence-electron chi connectivity index (χ1n) is 10.1. The van der Waals surface area contributed by atoms with Crippen molar-refractivity contribution in [2.75, 3.05) is 12.4 Å². The Morgan fingerprint density at radius 3 is 2.44 bits per heavy atom. The van der Waals surface area contributed by atoms with Gasteiger partial charge in [0, 0.05) is 28.8 Å². The minimum atomic E-state index is -4.89. The Bertz CT molecular complexity index is 1140. The molecule has 1 fully saturated rings. The molecule has 0 unspecified atom stereocenters. The predicted molar refractivity (Wildman–Crippen MR) is 110 cm³/mol. The van der Waals surface area contributed by atoms with Gasteiger partial charge in [-0.3, -0.25) is 9.59 Å². The van der Waals surface area contributed by atoms with Crippen LogP contribution in [0.1, 0.15) is 41.5 Å². The van der Waals surface area contributed by atoms with Crippen LogP contribution in [0.5, 0.6) is 5.75 Å². The number of nitrogens with one attached hydrogen (secondary N) is 1. The summed E-state index contributed by atoms with van der Waals surface area (Å²) in [5.41, 5.74) is 2.45. The maximum absolute atomic E-state index is 14.4. The van der Waals surface area contributed by atoms with Gasteiger partial charge in [-0.05, 0) is 32.0 Å². The second kappa shape index (κ2) is 8.82. The monoisotopic (exact) mass is 487 g/mol. The Labute approximate surface area is 191 Å². The normalized spacial score (nSPS) is 24.7. The number of methoxy groups -OCH3 is 1. The van der Waals surface area contributed by atoms with E-state index in [2.05, 4.69) is 10.3 Å². The third-order valence-electron chi connectivity index (χ3n) is 6.04. The van der Waals surface area contributed by atoms with E-state index in [0.29, 0.717) is 5.69 Å². The summed E-state index contributed by atoms with van der Waals surface area (Å²) in [4.78, 5) is 28.5. The van der Waals surface area contributed by atoms with E-state index in [1.807, 2.05) is 0 Å². The van der Waals surface area contributed by atoms with Gasteiger partial charge in [0.2, 0.25) is 5.82 Å². The van der Waals surface area contributed by atoms with Gasteiger partial charge >= 0.3 is 6.18 Å². The highest BCUT2D eigenvalue weighted by molar-refractivity contribution is 5.97. The summed E-state index contributed by atoms with van der Waals surface area (Å²) in [6, 6.07) is 4.33. The van der Waals surface area contributed by atoms with Gasteiger partial charge in [-0.15, -0.1) is 0 Å². The van der Waals surface area contributed by atoms with Crippen LogP contribution in [-0.4, -0.2) is 41.8 Å². The van der Waals surface area contributed by atoms with Gasteiger partial charge < -0.3 is 20.5 Å². The molecule has 2 amide bonds. The molecule has 7 nitrogen and oxygen atoms in total. The van der Waals surface area contributed by atoms with Gasteiger partial charge in [0.1, 0.15) is 11.8 Å². The second-order valence-corrected chi connectivity index (χ2v) is 8.18. The fourth-order valence-electron chi connectivity index (χ4n) is 4.12. The number of aryl methyl sites for hydroxylation is 1. The van der Waals surface area contributed by atoms with Crippen molar-refractivity contribution >= 4 is 17.5 Å². The number of halogens is 5. The summed E-state index contributed by atoms with van der Waals surface area (Å²) < 4.78 is 80.3. The number of rotatable bonds is 5. The molecular weight excluding hydrogens is 465 g/mol. The highest BCUT2D eigenvalue weighted by Gasteiger charge is 2.65. The van der Waals surface area contributed by atoms with Gasteiger partial charge in [-0.2, -0.15) is 17.6 Å². The van der Waals surface area contributed by atoms with Crippen molar-refractivity contribution in [3.05, 3.63) is 52.9 Å². The SMILES string of the molecule is COc1c([C@@H]2[C@H](C(=O)Nc3cc(C)nc(C(N)=O)c3)O[C@@](C)(C(F)(F)F)[C@H]2C)ccc(F)c1F. The lowest BCUT2D eigenvalue weighted by atomic mass is 9.77. The van der Waals surface area contributed by atoms with Crippen LogP contribution < -0.4 is 15.8 Å². The molecule has 2 heterocycles. The zero-order valence-electron chi connectivity index (χ0n) is 18.6. The van der Waals surface area contributed by atoms with E-state index >= 15 is 0 Å². The first-order chi connectivity index (χ1) is 15.7. The summed E-state index contributed by atoms with van der Waals surface area (Å²) in [6.07, 6.45) is -6.66. The van der Waals surface area contributed by atoms with Crippen LogP contribution in [0.15, 0.2) is 24.3 Å². The molecule has 3 rings (SSSR count). The molecule has 0 spiro atoms. The first-order valence-corrected chi connectivity index (χ1v) is 10.1. The second-order valence-electron chi connectivity index (χ2n) is 8.18. The van der Waals surface area contributed by atoms with Gasteiger partial charge in [0.05, 0.1) is 7.11 Å². The molecule has 4 atom stereocenters. The van der Waals surface area contributed by atoms with Crippen molar-refractivity contribution in [2.45, 2.75) is 44.6 Å². The third kappa shape index (κ3) is 4.29. The van der Waals surface area contributed by atoms with Crippen LogP contribution in [-0.2, 0) is 9.53 Å². The van der Waals surface area contributed by atoms with E-state index in [1.54, 1.807) is 0 Å². The molecule has 34 heavy (non-hydrogen) atoms. The van der Waals surface area contributed by atoms with Crippen molar-refractivity contribution in [3.63, 3.8) is 0 Å². The minimum Gasteiger partial charge on any atom is -0.493 e. The molecule has 1 aliphatic rings. The number of amides is 2. The summed E-state index contributed by atoms with van der Waals surface area (Å²) in [5, 5.41) is 2.41. The number of nitrogens with two attached hydrogens (primary N) is 1. The van der Waals surface area contributed by atoms with Crippen molar-refractivity contribution < 1.29 is 41.0 Å². The van der Waals surface area contributed by atoms with Crippen LogP contribution in [0.3, 0.4) is 0 Å². The van der Waals surface area contributed by atoms with Crippen molar-refractivity contribution in [2.24, 2.45) is 11.7 Å². The fourth-order valence-corrected chi connectivity index (χ4v) is 4.12. The number of nitrogens with zero attached hydrogens (tertiary/aromatic N) is 1. The smallest absolute Gasteiger partial charge is 0.417 e. The van der Waals surface area contributed by atoms with Crippen LogP contribution in [0.2, 0.25) is 0 Å². The van der Waals surface area contributed by atoms with E-state index in [9.17, 15) is 31.5 Å². The van der Waals surface area contributed by atoms with E-state index in [0.717, 1.165) is 32.2 Å². The zero-order chi connectivity index (χ0) is 25.6. The number of ether oxygens (including phenoxy) is 2. The standard InChI is InChI=1S/C22H22F5N3O4/c1-9-7-11(8-14(29-9)19(28)31)30-20(32)18-15(10(2)21(3,34-18)22(25,26)27)12-5-6-13(23)16(24)17(12)33-4/h5-8,10,15,18H,1-4H3,(H2,28,31)(H,29,30,32)/t10-,15+,18+,21+/m0/s1. The lowest BCUT2D eigenvalue weighted by molar-refractivity contribution is -0.272. The zero-order valence-corrected chi connectivity index (χ0v) is 18.6. The van der Waals surface area contributed by atoms with E-state index < -0.39 is 58.9 Å². The molecule has 184 valence electrons. The van der Waals surface area contributed by atoms with Gasteiger partial charge in [0.15, 0.2) is 17.2 Å². The first kappa shape index (κ1) is 25.3. The molecular formula is C22H22F5N3O4. The van der Waals surface area contributed by atoms with Crippen LogP contribution in [0.25, 0.3) is 0 Å². The molecule has 3 N–H and O–H groups in total. The number of pyridine rings is 1. The maximum atomic E-state index is 14.4. The number of aromatic nitrogens is 1. The Hall–Kier alpha value is -3.28. The molecule has 12 heteroatoms. The number of carbonyl (C=O) groups is 2. The Balaban J connectivity index is 2.09. The van der Waals surface area contributed by atoms with Crippen LogP contribution in [0.4, 0.5) is 27.6 Å². The van der Waals surface area contributed by atoms with Gasteiger partial charge in [0.25, 0.3) is 11.8 Å². The average Bonchev–Trinajstić information content (AvgIpc) is 3.01. The Morgan fingerprint density at radius 2 is 1.88 bits per heavy atom. The van der Waals surface area contributed by atoms with Crippen molar-refractivity contribution in [1.29, 1.82) is 0 Å². The van der Waals surface area contributed by atoms with Crippen molar-refractivity contribution in [3.8, 4) is 5.75 Å². The molecule has 2 aromatic rings. The number of alkyl halides is 3. The molecule has 0 aliphatic carbocycles. The third-order valence-corrected chi connectivity index (χ3v) is 6.04. The molecule has 0 radical (unpaired) electrons. The molecule has 0 saturated carbocycles. The number of hydrogen-bond acceptors (Lipinski definition) is 5. The number of hydrogen-bond donors (Lipinski definition) is 2. The molecule has 1 saturated heterocycles. The average molecular weight is 487 g/mol. The summed E-state index contributed by atoms with van der Waals surface area (Å²) in [7, 11) is 1.03. The molecule has 0 bridgehead atoms. The minimum absolute atomic E-state index is 0.0409. The highest BCUT2D eigenvalue weighted by atomic mass is 19.4. The van der Waals surface area contributed by atoms with Gasteiger partial charge in [-0.1, -0.05) is 13.0 Å². The molecule has 1 aromatic heterocycles. The number of primary amides is 1. The number of carbonyl (C=O) groups excluding carboxylic acids is 2. The predicted octanol–water partition coefficient (Wildman–Crippen LogP) is 3.85. The summed E-state index contributed by atoms with van der Waals surface area (Å²) >= 11 is 0. The lowest BCUT2D eigenvalue weighted by Gasteiger charge is -2.32. The van der Waals surface area contributed by atoms with E-state index in [4.69, 9.17) is 15.2 Å². The Kier molecular flexibility index (Phi) is 6.57. The maximum Gasteiger partial charge on any atom is 0.417 e. The van der Waals surface area contributed by atoms with Crippen molar-refractivity contribution in [1.82, 2.24) is 4.98 Å². The van der Waals surface area contributed by atoms with E-state index in [1.165, 1.54) is 19.9 Å². The topological polar surface area (TPSA) is 104 Å². The highest BCUT2D eigenvalue weighted by Crippen LogP contribution is 2.55. The summed E-state index contributed by atoms with van der Waals surface area (Å²) in [6.45, 7) is 3.51. The Morgan fingerprint density at radius 1 is 1.24 bits per heavy atom. The summed E-state index contributed by atoms with van der Waals surface area (Å²) in [5.74, 6) is -7.93. The number of anilines is 1. The van der Waals surface area contributed by atoms with E-state index in [-0.39, 0.29) is 16.9 Å². The largest absolute Gasteiger partial charge is 0.493 e. The number of benzene rings is 1. The molecule has 1 aromatic carbocycles. The molecule has 1 aliphatic heterocycles. The fraction of sp³-hybridized carbons (Fsp3) is 0.409. The van der Waals surface area contributed by atoms with Crippen LogP contribution in [0, 0.1) is 24.5 Å². The quantitative estimate of drug-likeness (QED) is 0.624. The lowest BCUT2D eigenvalue weighted by Crippen LogP contribution is -2.47. The van der Waals surface area contributed by atoms with Gasteiger partial charge in [-0.25, -0.2) is 9.37 Å². The van der Waals surface area contributed by atoms with Crippen LogP contribution >= 0.6 is 0 Å².